The van der Waals surface area contributed by atoms with Gasteiger partial charge < -0.3 is 9.84 Å². The summed E-state index contributed by atoms with van der Waals surface area (Å²) in [4.78, 5) is 4.19. The zero-order valence-corrected chi connectivity index (χ0v) is 12.0. The zero-order chi connectivity index (χ0) is 14.8. The Hall–Kier alpha value is -2.56. The van der Waals surface area contributed by atoms with Crippen LogP contribution in [0.5, 0.6) is 11.5 Å². The summed E-state index contributed by atoms with van der Waals surface area (Å²) < 4.78 is 7.51. The summed E-state index contributed by atoms with van der Waals surface area (Å²) in [5.74, 6) is 1.31. The van der Waals surface area contributed by atoms with Crippen molar-refractivity contribution in [3.8, 4) is 11.5 Å². The molecule has 5 heteroatoms. The van der Waals surface area contributed by atoms with Gasteiger partial charge in [0.1, 0.15) is 12.9 Å². The van der Waals surface area contributed by atoms with Crippen molar-refractivity contribution in [1.82, 2.24) is 14.8 Å². The van der Waals surface area contributed by atoms with Crippen molar-refractivity contribution in [2.24, 2.45) is 0 Å². The van der Waals surface area contributed by atoms with Gasteiger partial charge in [-0.25, -0.2) is 9.67 Å². The Labute approximate surface area is 122 Å². The Bertz CT molecular complexity index is 765. The minimum atomic E-state index is 0.129. The summed E-state index contributed by atoms with van der Waals surface area (Å²) in [6.45, 7) is 4.33. The molecular formula is C16H17N3O2. The number of fused-ring (bicyclic) bond motifs is 1. The summed E-state index contributed by atoms with van der Waals surface area (Å²) in [7, 11) is 0. The molecule has 0 atom stereocenters. The quantitative estimate of drug-likeness (QED) is 0.798. The van der Waals surface area contributed by atoms with Crippen LogP contribution in [0, 0.1) is 0 Å². The monoisotopic (exact) mass is 283 g/mol. The van der Waals surface area contributed by atoms with Crippen molar-refractivity contribution in [3.63, 3.8) is 0 Å². The molecule has 0 saturated carbocycles. The molecular weight excluding hydrogens is 266 g/mol. The van der Waals surface area contributed by atoms with Crippen molar-refractivity contribution in [1.29, 1.82) is 0 Å². The topological polar surface area (TPSA) is 60.2 Å². The van der Waals surface area contributed by atoms with E-state index in [4.69, 9.17) is 4.74 Å². The first-order valence-electron chi connectivity index (χ1n) is 6.88. The molecule has 21 heavy (non-hydrogen) atoms. The predicted molar refractivity (Wildman–Crippen MR) is 80.4 cm³/mol. The Morgan fingerprint density at radius 2 is 1.90 bits per heavy atom. The number of rotatable bonds is 4. The molecule has 3 aromatic rings. The number of phenols is 1. The molecule has 0 amide bonds. The Kier molecular flexibility index (Phi) is 3.48. The smallest absolute Gasteiger partial charge is 0.165 e. The van der Waals surface area contributed by atoms with Crippen LogP contribution >= 0.6 is 0 Å². The van der Waals surface area contributed by atoms with Crippen LogP contribution in [0.25, 0.3) is 10.8 Å². The van der Waals surface area contributed by atoms with E-state index in [1.807, 2.05) is 44.2 Å². The molecule has 3 rings (SSSR count). The lowest BCUT2D eigenvalue weighted by Gasteiger charge is -2.12. The van der Waals surface area contributed by atoms with E-state index in [2.05, 4.69) is 10.1 Å². The van der Waals surface area contributed by atoms with E-state index in [1.165, 1.54) is 6.33 Å². The first-order chi connectivity index (χ1) is 10.1. The van der Waals surface area contributed by atoms with Gasteiger partial charge in [0.2, 0.25) is 0 Å². The molecule has 0 fully saturated rings. The second kappa shape index (κ2) is 5.44. The van der Waals surface area contributed by atoms with E-state index in [0.29, 0.717) is 5.75 Å². The number of nitrogens with zero attached hydrogens (tertiary/aromatic N) is 3. The highest BCUT2D eigenvalue weighted by atomic mass is 16.5. The predicted octanol–water partition coefficient (Wildman–Crippen LogP) is 3.30. The van der Waals surface area contributed by atoms with Crippen molar-refractivity contribution in [3.05, 3.63) is 48.5 Å². The number of phenolic OH excluding ortho intramolecular Hbond substituents is 1. The van der Waals surface area contributed by atoms with Crippen molar-refractivity contribution < 1.29 is 9.84 Å². The van der Waals surface area contributed by atoms with Crippen LogP contribution in [-0.2, 0) is 6.61 Å². The van der Waals surface area contributed by atoms with E-state index in [0.717, 1.165) is 16.6 Å². The summed E-state index contributed by atoms with van der Waals surface area (Å²) in [5, 5.41) is 16.2. The number of ether oxygens (including phenoxy) is 1. The molecule has 108 valence electrons. The fourth-order valence-corrected chi connectivity index (χ4v) is 2.27. The first kappa shape index (κ1) is 13.4. The maximum Gasteiger partial charge on any atom is 0.165 e. The third-order valence-electron chi connectivity index (χ3n) is 3.32. The number of aromatic hydroxyl groups is 1. The molecule has 0 radical (unpaired) electrons. The normalized spacial score (nSPS) is 11.2. The minimum Gasteiger partial charge on any atom is -0.504 e. The van der Waals surface area contributed by atoms with Gasteiger partial charge in [0, 0.05) is 6.04 Å². The third kappa shape index (κ3) is 2.67. The molecule has 0 aliphatic heterocycles. The van der Waals surface area contributed by atoms with Gasteiger partial charge in [0.15, 0.2) is 17.3 Å². The summed E-state index contributed by atoms with van der Waals surface area (Å²) in [6, 6.07) is 11.6. The SMILES string of the molecule is CC(C)n1ncnc1COc1cc2ccccc2cc1O. The largest absolute Gasteiger partial charge is 0.504 e. The van der Waals surface area contributed by atoms with Crippen LogP contribution < -0.4 is 4.74 Å². The molecule has 1 heterocycles. The number of aromatic nitrogens is 3. The maximum absolute atomic E-state index is 10.0. The van der Waals surface area contributed by atoms with Gasteiger partial charge in [-0.1, -0.05) is 24.3 Å². The minimum absolute atomic E-state index is 0.129. The van der Waals surface area contributed by atoms with Crippen LogP contribution in [0.1, 0.15) is 25.7 Å². The van der Waals surface area contributed by atoms with Crippen LogP contribution in [0.2, 0.25) is 0 Å². The fraction of sp³-hybridized carbons (Fsp3) is 0.250. The molecule has 5 nitrogen and oxygen atoms in total. The highest BCUT2D eigenvalue weighted by Crippen LogP contribution is 2.31. The summed E-state index contributed by atoms with van der Waals surface area (Å²) in [6.07, 6.45) is 1.51. The van der Waals surface area contributed by atoms with Crippen LogP contribution in [0.4, 0.5) is 0 Å². The standard InChI is InChI=1S/C16H17N3O2/c1-11(2)19-16(17-10-18-19)9-21-15-8-13-6-4-3-5-12(13)7-14(15)20/h3-8,10-11,20H,9H2,1-2H3. The van der Waals surface area contributed by atoms with Gasteiger partial charge in [0.05, 0.1) is 0 Å². The lowest BCUT2D eigenvalue weighted by molar-refractivity contribution is 0.269. The van der Waals surface area contributed by atoms with Gasteiger partial charge in [-0.3, -0.25) is 0 Å². The molecule has 0 spiro atoms. The molecule has 0 unspecified atom stereocenters. The second-order valence-corrected chi connectivity index (χ2v) is 5.17. The number of hydrogen-bond acceptors (Lipinski definition) is 4. The molecule has 1 N–H and O–H groups in total. The van der Waals surface area contributed by atoms with Gasteiger partial charge in [0.25, 0.3) is 0 Å². The second-order valence-electron chi connectivity index (χ2n) is 5.17. The summed E-state index contributed by atoms with van der Waals surface area (Å²) in [5.41, 5.74) is 0. The maximum atomic E-state index is 10.0. The molecule has 0 bridgehead atoms. The Balaban J connectivity index is 1.85. The summed E-state index contributed by atoms with van der Waals surface area (Å²) >= 11 is 0. The van der Waals surface area contributed by atoms with Crippen LogP contribution in [0.15, 0.2) is 42.7 Å². The van der Waals surface area contributed by atoms with Gasteiger partial charge in [-0.05, 0) is 36.8 Å². The molecule has 1 aromatic heterocycles. The number of benzene rings is 2. The van der Waals surface area contributed by atoms with Crippen LogP contribution in [-0.4, -0.2) is 19.9 Å². The Morgan fingerprint density at radius 3 is 2.62 bits per heavy atom. The molecule has 0 saturated heterocycles. The van der Waals surface area contributed by atoms with E-state index in [9.17, 15) is 5.11 Å². The highest BCUT2D eigenvalue weighted by molar-refractivity contribution is 5.85. The van der Waals surface area contributed by atoms with E-state index in [1.54, 1.807) is 10.7 Å². The van der Waals surface area contributed by atoms with E-state index >= 15 is 0 Å². The Morgan fingerprint density at radius 1 is 1.19 bits per heavy atom. The van der Waals surface area contributed by atoms with Crippen molar-refractivity contribution in [2.45, 2.75) is 26.5 Å². The van der Waals surface area contributed by atoms with Gasteiger partial charge in [-0.15, -0.1) is 0 Å². The van der Waals surface area contributed by atoms with Crippen molar-refractivity contribution in [2.75, 3.05) is 0 Å². The average Bonchev–Trinajstić information content (AvgIpc) is 2.93. The third-order valence-corrected chi connectivity index (χ3v) is 3.32. The average molecular weight is 283 g/mol. The van der Waals surface area contributed by atoms with Gasteiger partial charge >= 0.3 is 0 Å². The number of hydrogen-bond donors (Lipinski definition) is 1. The van der Waals surface area contributed by atoms with Crippen LogP contribution in [0.3, 0.4) is 0 Å². The molecule has 0 aliphatic rings. The fourth-order valence-electron chi connectivity index (χ4n) is 2.27. The highest BCUT2D eigenvalue weighted by Gasteiger charge is 2.10. The van der Waals surface area contributed by atoms with E-state index in [-0.39, 0.29) is 18.4 Å². The lowest BCUT2D eigenvalue weighted by atomic mass is 10.1. The first-order valence-corrected chi connectivity index (χ1v) is 6.88. The van der Waals surface area contributed by atoms with Gasteiger partial charge in [-0.2, -0.15) is 5.10 Å². The van der Waals surface area contributed by atoms with Crippen molar-refractivity contribution >= 4 is 10.8 Å². The van der Waals surface area contributed by atoms with E-state index < -0.39 is 0 Å². The molecule has 0 aliphatic carbocycles. The lowest BCUT2D eigenvalue weighted by Crippen LogP contribution is -2.10. The molecule has 2 aromatic carbocycles. The zero-order valence-electron chi connectivity index (χ0n) is 12.0.